The molecule has 0 aromatic heterocycles. The van der Waals surface area contributed by atoms with Gasteiger partial charge in [-0.25, -0.2) is 4.79 Å². The van der Waals surface area contributed by atoms with Crippen LogP contribution in [0.2, 0.25) is 0 Å². The van der Waals surface area contributed by atoms with E-state index in [1.54, 1.807) is 6.92 Å². The summed E-state index contributed by atoms with van der Waals surface area (Å²) in [6.07, 6.45) is 10.3. The van der Waals surface area contributed by atoms with E-state index in [0.29, 0.717) is 12.0 Å². The van der Waals surface area contributed by atoms with Gasteiger partial charge in [0.25, 0.3) is 0 Å². The Hall–Kier alpha value is -1.71. The Labute approximate surface area is 126 Å². The monoisotopic (exact) mass is 292 g/mol. The first-order valence-corrected chi connectivity index (χ1v) is 7.69. The Kier molecular flexibility index (Phi) is 5.10. The SMILES string of the molecule is C=C(C)C(=O)OC(CC)(OC1=CCCC1)OC1=CCCC1. The van der Waals surface area contributed by atoms with Crippen molar-refractivity contribution in [2.24, 2.45) is 0 Å². The van der Waals surface area contributed by atoms with Gasteiger partial charge in [-0.2, -0.15) is 0 Å². The summed E-state index contributed by atoms with van der Waals surface area (Å²) in [6, 6.07) is 0. The molecule has 0 heterocycles. The second-order valence-corrected chi connectivity index (χ2v) is 5.54. The van der Waals surface area contributed by atoms with Crippen LogP contribution >= 0.6 is 0 Å². The smallest absolute Gasteiger partial charge is 0.418 e. The number of ether oxygens (including phenoxy) is 3. The highest BCUT2D eigenvalue weighted by atomic mass is 16.9. The fourth-order valence-corrected chi connectivity index (χ4v) is 2.38. The van der Waals surface area contributed by atoms with Crippen molar-refractivity contribution in [2.45, 2.75) is 64.8 Å². The first-order chi connectivity index (χ1) is 10.0. The minimum absolute atomic E-state index is 0.334. The lowest BCUT2D eigenvalue weighted by atomic mass is 10.3. The minimum Gasteiger partial charge on any atom is -0.425 e. The van der Waals surface area contributed by atoms with Crippen molar-refractivity contribution >= 4 is 5.97 Å². The number of hydrogen-bond acceptors (Lipinski definition) is 4. The second-order valence-electron chi connectivity index (χ2n) is 5.54. The number of allylic oxidation sites excluding steroid dienone is 4. The van der Waals surface area contributed by atoms with Crippen LogP contribution in [0, 0.1) is 0 Å². The van der Waals surface area contributed by atoms with Crippen molar-refractivity contribution in [2.75, 3.05) is 0 Å². The largest absolute Gasteiger partial charge is 0.425 e. The Morgan fingerprint density at radius 3 is 2.05 bits per heavy atom. The van der Waals surface area contributed by atoms with Gasteiger partial charge < -0.3 is 14.2 Å². The molecule has 4 heteroatoms. The molecule has 0 saturated heterocycles. The average Bonchev–Trinajstić information content (AvgIpc) is 3.12. The molecule has 116 valence electrons. The summed E-state index contributed by atoms with van der Waals surface area (Å²) in [5, 5.41) is 0. The zero-order valence-corrected chi connectivity index (χ0v) is 12.9. The van der Waals surface area contributed by atoms with E-state index in [4.69, 9.17) is 14.2 Å². The fourth-order valence-electron chi connectivity index (χ4n) is 2.38. The Morgan fingerprint density at radius 2 is 1.71 bits per heavy atom. The Balaban J connectivity index is 2.16. The quantitative estimate of drug-likeness (QED) is 0.398. The lowest BCUT2D eigenvalue weighted by Gasteiger charge is -2.33. The molecule has 0 radical (unpaired) electrons. The van der Waals surface area contributed by atoms with Gasteiger partial charge in [-0.05, 0) is 44.8 Å². The highest BCUT2D eigenvalue weighted by molar-refractivity contribution is 5.87. The normalized spacial score (nSPS) is 18.0. The molecular formula is C17H24O4. The van der Waals surface area contributed by atoms with E-state index in [9.17, 15) is 4.79 Å². The molecule has 0 amide bonds. The lowest BCUT2D eigenvalue weighted by Crippen LogP contribution is -2.40. The number of hydrogen-bond donors (Lipinski definition) is 0. The van der Waals surface area contributed by atoms with Crippen LogP contribution in [0.1, 0.15) is 58.8 Å². The molecule has 2 rings (SSSR count). The molecule has 2 aliphatic carbocycles. The van der Waals surface area contributed by atoms with Crippen LogP contribution in [0.4, 0.5) is 0 Å². The van der Waals surface area contributed by atoms with Gasteiger partial charge in [-0.3, -0.25) is 0 Å². The van der Waals surface area contributed by atoms with Gasteiger partial charge in [0.15, 0.2) is 0 Å². The number of esters is 1. The van der Waals surface area contributed by atoms with Crippen LogP contribution in [0.5, 0.6) is 0 Å². The second kappa shape index (κ2) is 6.83. The van der Waals surface area contributed by atoms with E-state index in [-0.39, 0.29) is 0 Å². The van der Waals surface area contributed by atoms with Gasteiger partial charge in [-0.15, -0.1) is 0 Å². The van der Waals surface area contributed by atoms with E-state index in [0.717, 1.165) is 50.0 Å². The lowest BCUT2D eigenvalue weighted by molar-refractivity contribution is -0.334. The minimum atomic E-state index is -1.37. The van der Waals surface area contributed by atoms with Gasteiger partial charge in [0.1, 0.15) is 11.5 Å². The third kappa shape index (κ3) is 4.13. The van der Waals surface area contributed by atoms with Crippen LogP contribution < -0.4 is 0 Å². The van der Waals surface area contributed by atoms with Gasteiger partial charge in [0, 0.05) is 18.4 Å². The van der Waals surface area contributed by atoms with E-state index >= 15 is 0 Å². The molecule has 0 unspecified atom stereocenters. The summed E-state index contributed by atoms with van der Waals surface area (Å²) < 4.78 is 17.4. The van der Waals surface area contributed by atoms with E-state index in [1.807, 2.05) is 19.1 Å². The molecule has 0 atom stereocenters. The molecule has 0 N–H and O–H groups in total. The van der Waals surface area contributed by atoms with Crippen molar-refractivity contribution in [3.05, 3.63) is 35.8 Å². The Bertz CT molecular complexity index is 439. The van der Waals surface area contributed by atoms with Crippen LogP contribution in [0.25, 0.3) is 0 Å². The summed E-state index contributed by atoms with van der Waals surface area (Å²) >= 11 is 0. The van der Waals surface area contributed by atoms with E-state index in [2.05, 4.69) is 6.58 Å². The van der Waals surface area contributed by atoms with E-state index < -0.39 is 11.9 Å². The maximum atomic E-state index is 11.9. The Morgan fingerprint density at radius 1 is 1.19 bits per heavy atom. The summed E-state index contributed by atoms with van der Waals surface area (Å²) in [4.78, 5) is 11.9. The molecule has 0 fully saturated rings. The standard InChI is InChI=1S/C17H24O4/c1-4-17(21-16(18)13(2)3,19-14-9-5-6-10-14)20-15-11-7-8-12-15/h9,11H,2,4-8,10,12H2,1,3H3. The predicted octanol–water partition coefficient (Wildman–Crippen LogP) is 4.34. The first kappa shape index (κ1) is 15.7. The van der Waals surface area contributed by atoms with E-state index in [1.165, 1.54) is 0 Å². The third-order valence-electron chi connectivity index (χ3n) is 3.60. The van der Waals surface area contributed by atoms with Crippen LogP contribution in [0.3, 0.4) is 0 Å². The van der Waals surface area contributed by atoms with Crippen LogP contribution in [-0.2, 0) is 19.0 Å². The van der Waals surface area contributed by atoms with Crippen molar-refractivity contribution in [3.63, 3.8) is 0 Å². The maximum absolute atomic E-state index is 11.9. The van der Waals surface area contributed by atoms with Crippen molar-refractivity contribution < 1.29 is 19.0 Å². The summed E-state index contributed by atoms with van der Waals surface area (Å²) in [6.45, 7) is 7.13. The fraction of sp³-hybridized carbons (Fsp3) is 0.588. The molecule has 0 aromatic rings. The number of carbonyl (C=O) groups is 1. The zero-order valence-electron chi connectivity index (χ0n) is 12.9. The van der Waals surface area contributed by atoms with Crippen LogP contribution in [-0.4, -0.2) is 11.9 Å². The highest BCUT2D eigenvalue weighted by Gasteiger charge is 2.40. The molecule has 0 aliphatic heterocycles. The van der Waals surface area contributed by atoms with Crippen molar-refractivity contribution in [3.8, 4) is 0 Å². The molecule has 0 aromatic carbocycles. The molecule has 2 aliphatic rings. The molecule has 4 nitrogen and oxygen atoms in total. The first-order valence-electron chi connectivity index (χ1n) is 7.69. The van der Waals surface area contributed by atoms with Crippen molar-refractivity contribution in [1.29, 1.82) is 0 Å². The van der Waals surface area contributed by atoms with Crippen molar-refractivity contribution in [1.82, 2.24) is 0 Å². The molecule has 0 spiro atoms. The van der Waals surface area contributed by atoms with Gasteiger partial charge in [0.2, 0.25) is 0 Å². The zero-order chi connectivity index (χ0) is 15.3. The van der Waals surface area contributed by atoms with Gasteiger partial charge in [-0.1, -0.05) is 13.5 Å². The predicted molar refractivity (Wildman–Crippen MR) is 80.0 cm³/mol. The van der Waals surface area contributed by atoms with Crippen LogP contribution in [0.15, 0.2) is 35.8 Å². The highest BCUT2D eigenvalue weighted by Crippen LogP contribution is 2.34. The number of carbonyl (C=O) groups excluding carboxylic acids is 1. The topological polar surface area (TPSA) is 44.8 Å². The molecule has 21 heavy (non-hydrogen) atoms. The number of rotatable bonds is 7. The molecular weight excluding hydrogens is 268 g/mol. The molecule has 0 bridgehead atoms. The summed E-state index contributed by atoms with van der Waals surface area (Å²) in [5.74, 6) is -0.188. The molecule has 0 saturated carbocycles. The third-order valence-corrected chi connectivity index (χ3v) is 3.60. The van der Waals surface area contributed by atoms with Gasteiger partial charge >= 0.3 is 11.9 Å². The maximum Gasteiger partial charge on any atom is 0.418 e. The van der Waals surface area contributed by atoms with Gasteiger partial charge in [0.05, 0.1) is 6.42 Å². The summed E-state index contributed by atoms with van der Waals surface area (Å²) in [5.41, 5.74) is 0.334. The average molecular weight is 292 g/mol. The summed E-state index contributed by atoms with van der Waals surface area (Å²) in [7, 11) is 0.